The van der Waals surface area contributed by atoms with Gasteiger partial charge < -0.3 is 10.6 Å². The lowest BCUT2D eigenvalue weighted by molar-refractivity contribution is -0.133. The molecule has 1 saturated heterocycles. The number of anilines is 1. The molecular weight excluding hydrogens is 401 g/mol. The number of urea groups is 1. The van der Waals surface area contributed by atoms with E-state index in [4.69, 9.17) is 23.2 Å². The molecule has 1 atom stereocenters. The number of benzene rings is 2. The first-order valence-corrected chi connectivity index (χ1v) is 9.35. The maximum absolute atomic E-state index is 12.9. The van der Waals surface area contributed by atoms with Crippen molar-refractivity contribution >= 4 is 46.7 Å². The van der Waals surface area contributed by atoms with E-state index in [1.165, 1.54) is 0 Å². The van der Waals surface area contributed by atoms with Crippen molar-refractivity contribution in [3.05, 3.63) is 63.1 Å². The first-order valence-electron chi connectivity index (χ1n) is 8.59. The summed E-state index contributed by atoms with van der Waals surface area (Å²) in [6.07, 6.45) is 0. The summed E-state index contributed by atoms with van der Waals surface area (Å²) in [5.41, 5.74) is 1.34. The van der Waals surface area contributed by atoms with Crippen molar-refractivity contribution < 1.29 is 14.4 Å². The fraction of sp³-hybridized carbons (Fsp3) is 0.250. The number of amides is 4. The van der Waals surface area contributed by atoms with Crippen LogP contribution in [0.1, 0.15) is 23.6 Å². The summed E-state index contributed by atoms with van der Waals surface area (Å²) < 4.78 is 0. The highest BCUT2D eigenvalue weighted by molar-refractivity contribution is 6.34. The molecule has 0 spiro atoms. The zero-order valence-corrected chi connectivity index (χ0v) is 17.1. The van der Waals surface area contributed by atoms with Gasteiger partial charge in [-0.2, -0.15) is 0 Å². The molecular formula is C20H19Cl2N3O3. The maximum Gasteiger partial charge on any atom is 0.325 e. The molecule has 0 radical (unpaired) electrons. The number of imide groups is 1. The first-order chi connectivity index (χ1) is 13.1. The molecule has 3 rings (SSSR count). The van der Waals surface area contributed by atoms with Crippen molar-refractivity contribution in [3.63, 3.8) is 0 Å². The monoisotopic (exact) mass is 419 g/mol. The molecule has 0 aromatic heterocycles. The van der Waals surface area contributed by atoms with Crippen LogP contribution >= 0.6 is 23.2 Å². The lowest BCUT2D eigenvalue weighted by atomic mass is 9.92. The Bertz CT molecular complexity index is 969. The average molecular weight is 420 g/mol. The number of nitrogens with zero attached hydrogens (tertiary/aromatic N) is 1. The Morgan fingerprint density at radius 3 is 2.46 bits per heavy atom. The average Bonchev–Trinajstić information content (AvgIpc) is 2.82. The molecule has 1 aliphatic heterocycles. The molecule has 1 fully saturated rings. The fourth-order valence-corrected chi connectivity index (χ4v) is 3.98. The molecule has 2 N–H and O–H groups in total. The third-order valence-corrected chi connectivity index (χ3v) is 5.31. The van der Waals surface area contributed by atoms with Gasteiger partial charge in [-0.1, -0.05) is 47.5 Å². The number of rotatable bonds is 4. The third-order valence-electron chi connectivity index (χ3n) is 4.69. The van der Waals surface area contributed by atoms with Gasteiger partial charge in [0, 0.05) is 10.6 Å². The minimum atomic E-state index is -1.34. The van der Waals surface area contributed by atoms with Gasteiger partial charge in [-0.15, -0.1) is 0 Å². The van der Waals surface area contributed by atoms with Crippen LogP contribution in [0.5, 0.6) is 0 Å². The molecule has 4 amide bonds. The summed E-state index contributed by atoms with van der Waals surface area (Å²) in [5, 5.41) is 6.06. The highest BCUT2D eigenvalue weighted by Gasteiger charge is 2.50. The van der Waals surface area contributed by atoms with E-state index in [0.717, 1.165) is 16.0 Å². The van der Waals surface area contributed by atoms with Gasteiger partial charge in [0.25, 0.3) is 5.91 Å². The van der Waals surface area contributed by atoms with E-state index in [-0.39, 0.29) is 0 Å². The van der Waals surface area contributed by atoms with E-state index in [2.05, 4.69) is 10.6 Å². The number of carbonyl (C=O) groups excluding carboxylic acids is 3. The predicted octanol–water partition coefficient (Wildman–Crippen LogP) is 4.02. The van der Waals surface area contributed by atoms with Crippen molar-refractivity contribution in [2.24, 2.45) is 0 Å². The van der Waals surface area contributed by atoms with Crippen LogP contribution in [0.3, 0.4) is 0 Å². The smallest absolute Gasteiger partial charge is 0.323 e. The van der Waals surface area contributed by atoms with Crippen molar-refractivity contribution in [2.75, 3.05) is 11.9 Å². The van der Waals surface area contributed by atoms with Crippen LogP contribution in [-0.2, 0) is 15.1 Å². The van der Waals surface area contributed by atoms with Crippen molar-refractivity contribution in [3.8, 4) is 0 Å². The van der Waals surface area contributed by atoms with Gasteiger partial charge in [0.1, 0.15) is 12.1 Å². The van der Waals surface area contributed by atoms with Crippen LogP contribution in [0.4, 0.5) is 10.5 Å². The molecule has 0 aliphatic carbocycles. The lowest BCUT2D eigenvalue weighted by Crippen LogP contribution is -2.42. The van der Waals surface area contributed by atoms with E-state index in [9.17, 15) is 14.4 Å². The highest BCUT2D eigenvalue weighted by Crippen LogP contribution is 2.33. The number of hydrogen-bond donors (Lipinski definition) is 2. The van der Waals surface area contributed by atoms with Gasteiger partial charge in [0.2, 0.25) is 5.91 Å². The van der Waals surface area contributed by atoms with Gasteiger partial charge in [0.05, 0.1) is 10.7 Å². The normalized spacial score (nSPS) is 19.0. The number of carbonyl (C=O) groups is 3. The zero-order valence-electron chi connectivity index (χ0n) is 15.6. The van der Waals surface area contributed by atoms with Crippen molar-refractivity contribution in [1.82, 2.24) is 10.2 Å². The Hall–Kier alpha value is -2.57. The van der Waals surface area contributed by atoms with Crippen LogP contribution < -0.4 is 10.6 Å². The number of nitrogens with one attached hydrogen (secondary N) is 2. The van der Waals surface area contributed by atoms with Crippen molar-refractivity contribution in [2.45, 2.75) is 26.3 Å². The molecule has 0 saturated carbocycles. The third kappa shape index (κ3) is 3.57. The summed E-state index contributed by atoms with van der Waals surface area (Å²) in [6.45, 7) is 4.84. The second-order valence-electron chi connectivity index (χ2n) is 6.91. The second kappa shape index (κ2) is 7.45. The second-order valence-corrected chi connectivity index (χ2v) is 7.73. The largest absolute Gasteiger partial charge is 0.325 e. The van der Waals surface area contributed by atoms with E-state index in [1.807, 2.05) is 19.9 Å². The van der Waals surface area contributed by atoms with Crippen LogP contribution in [0.25, 0.3) is 0 Å². The lowest BCUT2D eigenvalue weighted by Gasteiger charge is -2.23. The molecule has 0 bridgehead atoms. The Kier molecular flexibility index (Phi) is 5.37. The maximum atomic E-state index is 12.9. The minimum Gasteiger partial charge on any atom is -0.323 e. The topological polar surface area (TPSA) is 78.5 Å². The minimum absolute atomic E-state index is 0.354. The molecule has 28 heavy (non-hydrogen) atoms. The molecule has 1 unspecified atom stereocenters. The summed E-state index contributed by atoms with van der Waals surface area (Å²) in [4.78, 5) is 38.7. The summed E-state index contributed by atoms with van der Waals surface area (Å²) in [6, 6.07) is 9.71. The molecule has 1 aliphatic rings. The zero-order chi connectivity index (χ0) is 20.6. The summed E-state index contributed by atoms with van der Waals surface area (Å²) >= 11 is 12.4. The van der Waals surface area contributed by atoms with Gasteiger partial charge >= 0.3 is 6.03 Å². The fourth-order valence-electron chi connectivity index (χ4n) is 3.29. The molecule has 1 heterocycles. The molecule has 2 aromatic carbocycles. The van der Waals surface area contributed by atoms with Crippen LogP contribution in [0.2, 0.25) is 10.0 Å². The van der Waals surface area contributed by atoms with Gasteiger partial charge in [-0.25, -0.2) is 4.79 Å². The number of halogens is 2. The number of aryl methyl sites for hydroxylation is 2. The SMILES string of the molecule is Cc1cc(C)c(NC(=O)CN2C(=O)NC(C)(c3ccccc3Cl)C2=O)c(Cl)c1. The first kappa shape index (κ1) is 20.2. The molecule has 146 valence electrons. The van der Waals surface area contributed by atoms with E-state index >= 15 is 0 Å². The Morgan fingerprint density at radius 1 is 1.14 bits per heavy atom. The highest BCUT2D eigenvalue weighted by atomic mass is 35.5. The Morgan fingerprint density at radius 2 is 1.82 bits per heavy atom. The quantitative estimate of drug-likeness (QED) is 0.734. The van der Waals surface area contributed by atoms with Crippen LogP contribution in [-0.4, -0.2) is 29.3 Å². The molecule has 2 aromatic rings. The van der Waals surface area contributed by atoms with Gasteiger partial charge in [0.15, 0.2) is 0 Å². The van der Waals surface area contributed by atoms with Crippen LogP contribution in [0.15, 0.2) is 36.4 Å². The summed E-state index contributed by atoms with van der Waals surface area (Å²) in [5.74, 6) is -1.08. The van der Waals surface area contributed by atoms with Gasteiger partial charge in [-0.3, -0.25) is 14.5 Å². The van der Waals surface area contributed by atoms with Gasteiger partial charge in [-0.05, 0) is 44.0 Å². The predicted molar refractivity (Wildman–Crippen MR) is 109 cm³/mol. The molecule has 6 nitrogen and oxygen atoms in total. The standard InChI is InChI=1S/C20H19Cl2N3O3/c1-11-8-12(2)17(15(22)9-11)23-16(26)10-25-18(27)20(3,24-19(25)28)13-6-4-5-7-14(13)21/h4-9H,10H2,1-3H3,(H,23,26)(H,24,28). The van der Waals surface area contributed by atoms with Crippen molar-refractivity contribution in [1.29, 1.82) is 0 Å². The van der Waals surface area contributed by atoms with E-state index in [1.54, 1.807) is 37.3 Å². The number of hydrogen-bond acceptors (Lipinski definition) is 3. The van der Waals surface area contributed by atoms with Crippen LogP contribution in [0, 0.1) is 13.8 Å². The van der Waals surface area contributed by atoms with E-state index < -0.39 is 29.9 Å². The Balaban J connectivity index is 1.80. The Labute approximate surface area is 172 Å². The summed E-state index contributed by atoms with van der Waals surface area (Å²) in [7, 11) is 0. The molecule has 8 heteroatoms. The van der Waals surface area contributed by atoms with E-state index in [0.29, 0.717) is 21.3 Å².